The fourth-order valence-electron chi connectivity index (χ4n) is 3.67. The van der Waals surface area contributed by atoms with E-state index in [0.717, 1.165) is 43.9 Å². The smallest absolute Gasteiger partial charge is 0.119 e. The summed E-state index contributed by atoms with van der Waals surface area (Å²) in [5.74, 6) is 0.834. The van der Waals surface area contributed by atoms with Crippen molar-refractivity contribution in [3.05, 3.63) is 29.3 Å². The lowest BCUT2D eigenvalue weighted by molar-refractivity contribution is 0.0276. The fraction of sp³-hybridized carbons (Fsp3) is 0.647. The van der Waals surface area contributed by atoms with E-state index in [0.29, 0.717) is 0 Å². The SMILES string of the molecule is CCCN1CCN(C2Cc3ccc(OC)cc3C2O)CC1. The number of nitrogens with zero attached hydrogens (tertiary/aromatic N) is 2. The van der Waals surface area contributed by atoms with E-state index >= 15 is 0 Å². The first-order valence-corrected chi connectivity index (χ1v) is 8.04. The molecule has 4 heteroatoms. The molecular formula is C17H26N2O2. The van der Waals surface area contributed by atoms with Gasteiger partial charge in [-0.15, -0.1) is 0 Å². The summed E-state index contributed by atoms with van der Waals surface area (Å²) in [6, 6.07) is 6.32. The Balaban J connectivity index is 1.66. The quantitative estimate of drug-likeness (QED) is 0.915. The van der Waals surface area contributed by atoms with Gasteiger partial charge in [0.1, 0.15) is 5.75 Å². The predicted molar refractivity (Wildman–Crippen MR) is 83.7 cm³/mol. The Bertz CT molecular complexity index is 484. The highest BCUT2D eigenvalue weighted by Gasteiger charge is 2.36. The van der Waals surface area contributed by atoms with Crippen molar-refractivity contribution in [2.45, 2.75) is 31.9 Å². The Labute approximate surface area is 127 Å². The first-order valence-electron chi connectivity index (χ1n) is 8.04. The van der Waals surface area contributed by atoms with Crippen LogP contribution in [0.1, 0.15) is 30.6 Å². The minimum Gasteiger partial charge on any atom is -0.497 e. The number of ether oxygens (including phenoxy) is 1. The van der Waals surface area contributed by atoms with Crippen molar-refractivity contribution in [2.75, 3.05) is 39.8 Å². The molecule has 1 N–H and O–H groups in total. The summed E-state index contributed by atoms with van der Waals surface area (Å²) in [6.45, 7) is 7.79. The van der Waals surface area contributed by atoms with Crippen molar-refractivity contribution in [1.29, 1.82) is 0 Å². The van der Waals surface area contributed by atoms with E-state index < -0.39 is 0 Å². The number of hydrogen-bond acceptors (Lipinski definition) is 4. The summed E-state index contributed by atoms with van der Waals surface area (Å²) >= 11 is 0. The molecule has 116 valence electrons. The van der Waals surface area contributed by atoms with E-state index in [9.17, 15) is 5.11 Å². The van der Waals surface area contributed by atoms with Gasteiger partial charge >= 0.3 is 0 Å². The van der Waals surface area contributed by atoms with E-state index in [2.05, 4.69) is 22.8 Å². The maximum Gasteiger partial charge on any atom is 0.119 e. The summed E-state index contributed by atoms with van der Waals surface area (Å²) in [6.07, 6.45) is 1.79. The van der Waals surface area contributed by atoms with Crippen molar-refractivity contribution in [1.82, 2.24) is 9.80 Å². The average Bonchev–Trinajstić information content (AvgIpc) is 2.85. The van der Waals surface area contributed by atoms with Crippen LogP contribution in [0.4, 0.5) is 0 Å². The second kappa shape index (κ2) is 6.34. The summed E-state index contributed by atoms with van der Waals surface area (Å²) in [7, 11) is 1.67. The number of methoxy groups -OCH3 is 1. The number of aliphatic hydroxyl groups excluding tert-OH is 1. The van der Waals surface area contributed by atoms with Crippen LogP contribution in [0.3, 0.4) is 0 Å². The van der Waals surface area contributed by atoms with Gasteiger partial charge in [-0.3, -0.25) is 4.90 Å². The van der Waals surface area contributed by atoms with E-state index in [1.165, 1.54) is 18.5 Å². The zero-order valence-electron chi connectivity index (χ0n) is 13.1. The highest BCUT2D eigenvalue weighted by Crippen LogP contribution is 2.36. The Hall–Kier alpha value is -1.10. The number of aliphatic hydroxyl groups is 1. The van der Waals surface area contributed by atoms with Crippen molar-refractivity contribution in [3.63, 3.8) is 0 Å². The highest BCUT2D eigenvalue weighted by molar-refractivity contribution is 5.41. The molecule has 21 heavy (non-hydrogen) atoms. The molecule has 1 aromatic rings. The van der Waals surface area contributed by atoms with Crippen molar-refractivity contribution in [3.8, 4) is 5.75 Å². The van der Waals surface area contributed by atoms with Gasteiger partial charge in [0.25, 0.3) is 0 Å². The van der Waals surface area contributed by atoms with Gasteiger partial charge in [-0.1, -0.05) is 13.0 Å². The van der Waals surface area contributed by atoms with E-state index in [4.69, 9.17) is 4.74 Å². The van der Waals surface area contributed by atoms with Crippen molar-refractivity contribution < 1.29 is 9.84 Å². The number of hydrogen-bond donors (Lipinski definition) is 1. The molecule has 0 saturated carbocycles. The molecule has 1 aliphatic carbocycles. The largest absolute Gasteiger partial charge is 0.497 e. The molecule has 2 aliphatic rings. The van der Waals surface area contributed by atoms with E-state index in [1.807, 2.05) is 12.1 Å². The Kier molecular flexibility index (Phi) is 4.48. The van der Waals surface area contributed by atoms with Gasteiger partial charge in [0.15, 0.2) is 0 Å². The summed E-state index contributed by atoms with van der Waals surface area (Å²) in [5.41, 5.74) is 2.32. The second-order valence-electron chi connectivity index (χ2n) is 6.16. The van der Waals surface area contributed by atoms with Crippen LogP contribution in [0, 0.1) is 0 Å². The van der Waals surface area contributed by atoms with Crippen LogP contribution in [0.2, 0.25) is 0 Å². The van der Waals surface area contributed by atoms with Crippen LogP contribution in [0.5, 0.6) is 5.75 Å². The van der Waals surface area contributed by atoms with Crippen LogP contribution >= 0.6 is 0 Å². The second-order valence-corrected chi connectivity index (χ2v) is 6.16. The predicted octanol–water partition coefficient (Wildman–Crippen LogP) is 1.68. The first kappa shape index (κ1) is 14.8. The Morgan fingerprint density at radius 3 is 2.67 bits per heavy atom. The number of benzene rings is 1. The van der Waals surface area contributed by atoms with Gasteiger partial charge in [0.2, 0.25) is 0 Å². The molecule has 4 nitrogen and oxygen atoms in total. The minimum atomic E-state index is -0.382. The molecular weight excluding hydrogens is 264 g/mol. The zero-order valence-corrected chi connectivity index (χ0v) is 13.1. The van der Waals surface area contributed by atoms with Gasteiger partial charge in [0, 0.05) is 32.2 Å². The van der Waals surface area contributed by atoms with Gasteiger partial charge in [-0.25, -0.2) is 0 Å². The van der Waals surface area contributed by atoms with Crippen molar-refractivity contribution >= 4 is 0 Å². The van der Waals surface area contributed by atoms with Gasteiger partial charge in [0.05, 0.1) is 13.2 Å². The summed E-state index contributed by atoms with van der Waals surface area (Å²) in [4.78, 5) is 4.98. The molecule has 1 saturated heterocycles. The Morgan fingerprint density at radius 2 is 2.00 bits per heavy atom. The van der Waals surface area contributed by atoms with E-state index in [1.54, 1.807) is 7.11 Å². The molecule has 1 fully saturated rings. The molecule has 0 spiro atoms. The summed E-state index contributed by atoms with van der Waals surface area (Å²) in [5, 5.41) is 10.7. The lowest BCUT2D eigenvalue weighted by atomic mass is 10.1. The maximum absolute atomic E-state index is 10.7. The molecule has 0 radical (unpaired) electrons. The molecule has 1 aliphatic heterocycles. The lowest BCUT2D eigenvalue weighted by Gasteiger charge is -2.39. The molecule has 0 amide bonds. The molecule has 3 rings (SSSR count). The zero-order chi connectivity index (χ0) is 14.8. The fourth-order valence-corrected chi connectivity index (χ4v) is 3.67. The molecule has 1 heterocycles. The van der Waals surface area contributed by atoms with Crippen LogP contribution in [0.15, 0.2) is 18.2 Å². The van der Waals surface area contributed by atoms with Gasteiger partial charge in [-0.2, -0.15) is 0 Å². The maximum atomic E-state index is 10.7. The van der Waals surface area contributed by atoms with Crippen molar-refractivity contribution in [2.24, 2.45) is 0 Å². The summed E-state index contributed by atoms with van der Waals surface area (Å²) < 4.78 is 5.28. The Morgan fingerprint density at radius 1 is 1.24 bits per heavy atom. The van der Waals surface area contributed by atoms with Gasteiger partial charge in [-0.05, 0) is 42.6 Å². The molecule has 2 unspecified atom stereocenters. The molecule has 0 bridgehead atoms. The third kappa shape index (κ3) is 2.93. The number of fused-ring (bicyclic) bond motifs is 1. The topological polar surface area (TPSA) is 35.9 Å². The lowest BCUT2D eigenvalue weighted by Crippen LogP contribution is -2.51. The average molecular weight is 290 g/mol. The number of piperazine rings is 1. The van der Waals surface area contributed by atoms with Crippen LogP contribution in [-0.2, 0) is 6.42 Å². The highest BCUT2D eigenvalue weighted by atomic mass is 16.5. The first-order chi connectivity index (χ1) is 10.2. The number of rotatable bonds is 4. The molecule has 0 aromatic heterocycles. The third-order valence-corrected chi connectivity index (χ3v) is 4.88. The van der Waals surface area contributed by atoms with Gasteiger partial charge < -0.3 is 14.7 Å². The third-order valence-electron chi connectivity index (χ3n) is 4.88. The monoisotopic (exact) mass is 290 g/mol. The van der Waals surface area contributed by atoms with Crippen LogP contribution < -0.4 is 4.74 Å². The minimum absolute atomic E-state index is 0.232. The van der Waals surface area contributed by atoms with Crippen LogP contribution in [-0.4, -0.2) is 60.8 Å². The normalized spacial score (nSPS) is 26.8. The molecule has 1 aromatic carbocycles. The molecule has 2 atom stereocenters. The standard InChI is InChI=1S/C17H26N2O2/c1-3-6-18-7-9-19(10-8-18)16-11-13-4-5-14(21-2)12-15(13)17(16)20/h4-5,12,16-17,20H,3,6-11H2,1-2H3. The van der Waals surface area contributed by atoms with E-state index in [-0.39, 0.29) is 12.1 Å². The van der Waals surface area contributed by atoms with Crippen LogP contribution in [0.25, 0.3) is 0 Å².